The number of aliphatic hydroxyl groups excluding tert-OH is 1. The molecule has 0 saturated heterocycles. The van der Waals surface area contributed by atoms with Gasteiger partial charge >= 0.3 is 39.5 Å². The standard InChI is InChI=1S/C83H162O17P2/c1-6-9-12-15-18-21-23-25-27-28-32-35-39-42-47-52-57-62-67-81(86)94-73-79(100-83(88)69-64-59-54-49-44-40-36-33-30-29-31-34-37-41-46-50-55-60-65-76(4)5)75-98-102(91,92)96-71-77(84)70-95-101(89,90)97-74-78(72-93-80(85)66-61-56-51-45-20-17-14-11-8-3)99-82(87)68-63-58-53-48-43-38-26-24-22-19-16-13-10-7-2/h76-79,84H,6-75H2,1-5H3,(H,89,90)(H,91,92)/t77-,78+,79+/m0/s1. The molecule has 0 aromatic heterocycles. The van der Waals surface area contributed by atoms with Gasteiger partial charge in [-0.1, -0.05) is 394 Å². The Bertz CT molecular complexity index is 1940. The van der Waals surface area contributed by atoms with Crippen LogP contribution in [0.15, 0.2) is 0 Å². The van der Waals surface area contributed by atoms with Crippen molar-refractivity contribution < 1.29 is 80.2 Å². The van der Waals surface area contributed by atoms with E-state index in [0.29, 0.717) is 25.7 Å². The number of carbonyl (C=O) groups is 4. The average Bonchev–Trinajstić information content (AvgIpc) is 0.912. The van der Waals surface area contributed by atoms with E-state index >= 15 is 0 Å². The van der Waals surface area contributed by atoms with Gasteiger partial charge in [0.2, 0.25) is 0 Å². The van der Waals surface area contributed by atoms with E-state index in [1.165, 1.54) is 270 Å². The number of esters is 4. The Balaban J connectivity index is 5.20. The van der Waals surface area contributed by atoms with E-state index in [1.54, 1.807) is 0 Å². The second-order valence-corrected chi connectivity index (χ2v) is 33.3. The smallest absolute Gasteiger partial charge is 0.462 e. The fourth-order valence-electron chi connectivity index (χ4n) is 12.9. The topological polar surface area (TPSA) is 237 Å². The van der Waals surface area contributed by atoms with Crippen LogP contribution >= 0.6 is 15.6 Å². The molecular formula is C83H162O17P2. The minimum Gasteiger partial charge on any atom is -0.462 e. The highest BCUT2D eigenvalue weighted by atomic mass is 31.2. The predicted octanol–water partition coefficient (Wildman–Crippen LogP) is 25.2. The molecule has 0 aliphatic rings. The number of ether oxygens (including phenoxy) is 4. The summed E-state index contributed by atoms with van der Waals surface area (Å²) in [7, 11) is -9.92. The maximum Gasteiger partial charge on any atom is 0.472 e. The summed E-state index contributed by atoms with van der Waals surface area (Å²) in [5, 5.41) is 10.6. The van der Waals surface area contributed by atoms with Crippen molar-refractivity contribution in [1.29, 1.82) is 0 Å². The molecule has 0 rings (SSSR count). The van der Waals surface area contributed by atoms with Crippen molar-refractivity contribution in [2.75, 3.05) is 39.6 Å². The molecule has 2 unspecified atom stereocenters. The van der Waals surface area contributed by atoms with Crippen molar-refractivity contribution in [2.24, 2.45) is 5.92 Å². The van der Waals surface area contributed by atoms with Crippen LogP contribution in [0.25, 0.3) is 0 Å². The molecule has 0 spiro atoms. The van der Waals surface area contributed by atoms with Crippen LogP contribution in [0.3, 0.4) is 0 Å². The number of carbonyl (C=O) groups excluding carboxylic acids is 4. The lowest BCUT2D eigenvalue weighted by atomic mass is 10.0. The van der Waals surface area contributed by atoms with E-state index < -0.39 is 97.5 Å². The number of phosphoric ester groups is 2. The molecular weight excluding hydrogens is 1330 g/mol. The fourth-order valence-corrected chi connectivity index (χ4v) is 14.5. The van der Waals surface area contributed by atoms with Crippen LogP contribution in [-0.4, -0.2) is 96.7 Å². The molecule has 5 atom stereocenters. The first-order valence-electron chi connectivity index (χ1n) is 43.1. The van der Waals surface area contributed by atoms with Crippen LogP contribution in [0.4, 0.5) is 0 Å². The third kappa shape index (κ3) is 76.3. The number of hydrogen-bond acceptors (Lipinski definition) is 15. The minimum atomic E-state index is -4.96. The van der Waals surface area contributed by atoms with Gasteiger partial charge in [-0.05, 0) is 31.6 Å². The zero-order chi connectivity index (χ0) is 74.8. The highest BCUT2D eigenvalue weighted by Crippen LogP contribution is 2.45. The predicted molar refractivity (Wildman–Crippen MR) is 418 cm³/mol. The van der Waals surface area contributed by atoms with Crippen molar-refractivity contribution in [2.45, 2.75) is 464 Å². The van der Waals surface area contributed by atoms with Crippen molar-refractivity contribution in [3.05, 3.63) is 0 Å². The summed E-state index contributed by atoms with van der Waals surface area (Å²) in [4.78, 5) is 73.0. The van der Waals surface area contributed by atoms with E-state index in [2.05, 4.69) is 34.6 Å². The molecule has 0 aliphatic heterocycles. The highest BCUT2D eigenvalue weighted by Gasteiger charge is 2.30. The summed E-state index contributed by atoms with van der Waals surface area (Å²) in [5.41, 5.74) is 0. The van der Waals surface area contributed by atoms with Crippen molar-refractivity contribution in [3.63, 3.8) is 0 Å². The Kier molecular flexibility index (Phi) is 74.4. The van der Waals surface area contributed by atoms with Crippen molar-refractivity contribution >= 4 is 39.5 Å². The number of rotatable bonds is 83. The van der Waals surface area contributed by atoms with Gasteiger partial charge in [0.15, 0.2) is 12.2 Å². The van der Waals surface area contributed by atoms with E-state index in [-0.39, 0.29) is 25.7 Å². The van der Waals surface area contributed by atoms with E-state index in [9.17, 15) is 43.2 Å². The molecule has 17 nitrogen and oxygen atoms in total. The normalized spacial score (nSPS) is 13.8. The number of phosphoric acid groups is 2. The van der Waals surface area contributed by atoms with E-state index in [1.807, 2.05) is 0 Å². The molecule has 0 radical (unpaired) electrons. The molecule has 0 bridgehead atoms. The zero-order valence-corrected chi connectivity index (χ0v) is 68.5. The SMILES string of the molecule is CCCCCCCCCCCCCCCCCCCCC(=O)OC[C@H](COP(=O)(O)OC[C@@H](O)COP(=O)(O)OC[C@@H](COC(=O)CCCCCCCCCCC)OC(=O)CCCCCCCCCCCCCCCC)OC(=O)CCCCCCCCCCCCCCCCCCCCC(C)C. The Hall–Kier alpha value is -1.94. The van der Waals surface area contributed by atoms with Gasteiger partial charge in [-0.25, -0.2) is 9.13 Å². The van der Waals surface area contributed by atoms with Gasteiger partial charge in [0.1, 0.15) is 19.3 Å². The molecule has 0 aromatic carbocycles. The summed E-state index contributed by atoms with van der Waals surface area (Å²) < 4.78 is 68.7. The molecule has 0 heterocycles. The Labute approximate surface area is 626 Å². The van der Waals surface area contributed by atoms with Crippen molar-refractivity contribution in [3.8, 4) is 0 Å². The average molecular weight is 1490 g/mol. The molecule has 0 aliphatic carbocycles. The molecule has 3 N–H and O–H groups in total. The lowest BCUT2D eigenvalue weighted by molar-refractivity contribution is -0.161. The summed E-state index contributed by atoms with van der Waals surface area (Å²) in [6.45, 7) is 7.37. The molecule has 606 valence electrons. The fraction of sp³-hybridized carbons (Fsp3) is 0.952. The Morgan fingerprint density at radius 1 is 0.265 bits per heavy atom. The summed E-state index contributed by atoms with van der Waals surface area (Å²) >= 11 is 0. The Morgan fingerprint density at radius 2 is 0.451 bits per heavy atom. The van der Waals surface area contributed by atoms with Gasteiger partial charge in [-0.15, -0.1) is 0 Å². The molecule has 19 heteroatoms. The lowest BCUT2D eigenvalue weighted by Gasteiger charge is -2.21. The first-order valence-corrected chi connectivity index (χ1v) is 46.1. The molecule has 0 aromatic rings. The summed E-state index contributed by atoms with van der Waals surface area (Å²) in [6, 6.07) is 0. The number of hydrogen-bond donors (Lipinski definition) is 3. The van der Waals surface area contributed by atoms with E-state index in [0.717, 1.165) is 95.8 Å². The second-order valence-electron chi connectivity index (χ2n) is 30.3. The number of aliphatic hydroxyl groups is 1. The van der Waals surface area contributed by atoms with Crippen LogP contribution in [-0.2, 0) is 65.4 Å². The highest BCUT2D eigenvalue weighted by molar-refractivity contribution is 7.47. The third-order valence-electron chi connectivity index (χ3n) is 19.5. The largest absolute Gasteiger partial charge is 0.472 e. The monoisotopic (exact) mass is 1490 g/mol. The first kappa shape index (κ1) is 100. The lowest BCUT2D eigenvalue weighted by Crippen LogP contribution is -2.30. The maximum atomic E-state index is 13.1. The summed E-state index contributed by atoms with van der Waals surface area (Å²) in [5.74, 6) is -1.28. The van der Waals surface area contributed by atoms with Crippen LogP contribution in [0.1, 0.15) is 446 Å². The van der Waals surface area contributed by atoms with E-state index in [4.69, 9.17) is 37.0 Å². The quantitative estimate of drug-likeness (QED) is 0.0222. The van der Waals surface area contributed by atoms with Gasteiger partial charge < -0.3 is 33.8 Å². The number of unbranched alkanes of at least 4 members (excludes halogenated alkanes) is 55. The van der Waals surface area contributed by atoms with Gasteiger partial charge in [0, 0.05) is 25.7 Å². The van der Waals surface area contributed by atoms with Crippen LogP contribution in [0, 0.1) is 5.92 Å². The van der Waals surface area contributed by atoms with Gasteiger partial charge in [-0.2, -0.15) is 0 Å². The molecule has 0 saturated carbocycles. The van der Waals surface area contributed by atoms with Crippen LogP contribution in [0.5, 0.6) is 0 Å². The van der Waals surface area contributed by atoms with Gasteiger partial charge in [0.05, 0.1) is 26.4 Å². The zero-order valence-electron chi connectivity index (χ0n) is 66.8. The molecule has 0 fully saturated rings. The molecule has 0 amide bonds. The van der Waals surface area contributed by atoms with Gasteiger partial charge in [-0.3, -0.25) is 37.3 Å². The summed E-state index contributed by atoms with van der Waals surface area (Å²) in [6.07, 6.45) is 68.0. The second kappa shape index (κ2) is 75.9. The van der Waals surface area contributed by atoms with Gasteiger partial charge in [0.25, 0.3) is 0 Å². The maximum absolute atomic E-state index is 13.1. The Morgan fingerprint density at radius 3 is 0.667 bits per heavy atom. The minimum absolute atomic E-state index is 0.108. The first-order chi connectivity index (χ1) is 49.5. The van der Waals surface area contributed by atoms with Crippen molar-refractivity contribution in [1.82, 2.24) is 0 Å². The third-order valence-corrected chi connectivity index (χ3v) is 21.4. The van der Waals surface area contributed by atoms with Crippen LogP contribution in [0.2, 0.25) is 0 Å². The van der Waals surface area contributed by atoms with Crippen LogP contribution < -0.4 is 0 Å². The molecule has 102 heavy (non-hydrogen) atoms.